The van der Waals surface area contributed by atoms with E-state index >= 15 is 0 Å². The SMILES string of the molecule is CCCCC(C)(C)C(CCC)N(C)CC. The average molecular weight is 213 g/mol. The zero-order chi connectivity index (χ0) is 11.9. The minimum Gasteiger partial charge on any atom is -0.303 e. The van der Waals surface area contributed by atoms with Gasteiger partial charge in [-0.3, -0.25) is 0 Å². The molecule has 15 heavy (non-hydrogen) atoms. The molecule has 1 unspecified atom stereocenters. The van der Waals surface area contributed by atoms with Crippen molar-refractivity contribution in [1.29, 1.82) is 0 Å². The summed E-state index contributed by atoms with van der Waals surface area (Å²) in [6, 6.07) is 0.749. The number of hydrogen-bond acceptors (Lipinski definition) is 1. The molecule has 0 aliphatic rings. The highest BCUT2D eigenvalue weighted by molar-refractivity contribution is 4.84. The van der Waals surface area contributed by atoms with Gasteiger partial charge in [0.05, 0.1) is 0 Å². The van der Waals surface area contributed by atoms with E-state index in [1.807, 2.05) is 0 Å². The Labute approximate surface area is 97.2 Å². The van der Waals surface area contributed by atoms with Crippen LogP contribution in [0, 0.1) is 5.41 Å². The van der Waals surface area contributed by atoms with Crippen molar-refractivity contribution < 1.29 is 0 Å². The standard InChI is InChI=1S/C14H31N/c1-7-10-12-14(4,5)13(11-8-2)15(6)9-3/h13H,7-12H2,1-6H3. The summed E-state index contributed by atoms with van der Waals surface area (Å²) >= 11 is 0. The highest BCUT2D eigenvalue weighted by Crippen LogP contribution is 2.33. The van der Waals surface area contributed by atoms with E-state index in [-0.39, 0.29) is 0 Å². The molecule has 0 saturated carbocycles. The Hall–Kier alpha value is -0.0400. The summed E-state index contributed by atoms with van der Waals surface area (Å²) in [5, 5.41) is 0. The fourth-order valence-electron chi connectivity index (χ4n) is 2.50. The van der Waals surface area contributed by atoms with Crippen LogP contribution in [0.1, 0.15) is 66.7 Å². The first-order valence-electron chi connectivity index (χ1n) is 6.69. The van der Waals surface area contributed by atoms with E-state index in [1.165, 1.54) is 38.6 Å². The Morgan fingerprint density at radius 3 is 2.07 bits per heavy atom. The third-order valence-electron chi connectivity index (χ3n) is 3.67. The summed E-state index contributed by atoms with van der Waals surface area (Å²) in [4.78, 5) is 2.53. The van der Waals surface area contributed by atoms with Crippen LogP contribution in [0.2, 0.25) is 0 Å². The van der Waals surface area contributed by atoms with Gasteiger partial charge in [-0.25, -0.2) is 0 Å². The molecule has 0 aliphatic heterocycles. The summed E-state index contributed by atoms with van der Waals surface area (Å²) in [6.07, 6.45) is 6.67. The van der Waals surface area contributed by atoms with Gasteiger partial charge in [-0.1, -0.05) is 53.9 Å². The lowest BCUT2D eigenvalue weighted by atomic mass is 9.77. The highest BCUT2D eigenvalue weighted by Gasteiger charge is 2.30. The first-order valence-corrected chi connectivity index (χ1v) is 6.69. The van der Waals surface area contributed by atoms with Gasteiger partial charge in [0.25, 0.3) is 0 Å². The molecule has 0 saturated heterocycles. The van der Waals surface area contributed by atoms with Crippen LogP contribution in [0.5, 0.6) is 0 Å². The van der Waals surface area contributed by atoms with Gasteiger partial charge in [0, 0.05) is 6.04 Å². The van der Waals surface area contributed by atoms with E-state index in [1.54, 1.807) is 0 Å². The zero-order valence-corrected chi connectivity index (χ0v) is 11.8. The Morgan fingerprint density at radius 1 is 1.07 bits per heavy atom. The van der Waals surface area contributed by atoms with Crippen molar-refractivity contribution in [1.82, 2.24) is 4.90 Å². The van der Waals surface area contributed by atoms with E-state index in [0.717, 1.165) is 6.04 Å². The molecule has 1 atom stereocenters. The molecule has 0 spiro atoms. The Bertz CT molecular complexity index is 151. The summed E-state index contributed by atoms with van der Waals surface area (Å²) in [6.45, 7) is 12.9. The van der Waals surface area contributed by atoms with Crippen LogP contribution in [-0.4, -0.2) is 24.5 Å². The fraction of sp³-hybridized carbons (Fsp3) is 1.00. The van der Waals surface area contributed by atoms with Gasteiger partial charge in [0.15, 0.2) is 0 Å². The first kappa shape index (κ1) is 15.0. The molecular formula is C14H31N. The molecule has 0 aliphatic carbocycles. The molecular weight excluding hydrogens is 182 g/mol. The van der Waals surface area contributed by atoms with E-state index in [0.29, 0.717) is 5.41 Å². The smallest absolute Gasteiger partial charge is 0.0143 e. The fourth-order valence-corrected chi connectivity index (χ4v) is 2.50. The molecule has 0 rings (SSSR count). The van der Waals surface area contributed by atoms with Crippen molar-refractivity contribution in [2.24, 2.45) is 5.41 Å². The van der Waals surface area contributed by atoms with Gasteiger partial charge >= 0.3 is 0 Å². The summed E-state index contributed by atoms with van der Waals surface area (Å²) in [5.41, 5.74) is 0.469. The summed E-state index contributed by atoms with van der Waals surface area (Å²) < 4.78 is 0. The number of unbranched alkanes of at least 4 members (excludes halogenated alkanes) is 1. The molecule has 0 heterocycles. The van der Waals surface area contributed by atoms with Gasteiger partial charge in [-0.15, -0.1) is 0 Å². The molecule has 0 N–H and O–H groups in total. The number of rotatable bonds is 8. The monoisotopic (exact) mass is 213 g/mol. The van der Waals surface area contributed by atoms with Gasteiger partial charge in [0.1, 0.15) is 0 Å². The molecule has 92 valence electrons. The van der Waals surface area contributed by atoms with Crippen LogP contribution in [0.4, 0.5) is 0 Å². The summed E-state index contributed by atoms with van der Waals surface area (Å²) in [7, 11) is 2.27. The lowest BCUT2D eigenvalue weighted by Crippen LogP contribution is -2.43. The van der Waals surface area contributed by atoms with E-state index < -0.39 is 0 Å². The molecule has 0 fully saturated rings. The van der Waals surface area contributed by atoms with Gasteiger partial charge in [-0.2, -0.15) is 0 Å². The van der Waals surface area contributed by atoms with Gasteiger partial charge in [0.2, 0.25) is 0 Å². The second-order valence-corrected chi connectivity index (χ2v) is 5.47. The minimum absolute atomic E-state index is 0.469. The Balaban J connectivity index is 4.42. The van der Waals surface area contributed by atoms with Gasteiger partial charge < -0.3 is 4.90 Å². The van der Waals surface area contributed by atoms with Crippen LogP contribution in [0.15, 0.2) is 0 Å². The topological polar surface area (TPSA) is 3.24 Å². The van der Waals surface area contributed by atoms with E-state index in [2.05, 4.69) is 46.6 Å². The van der Waals surface area contributed by atoms with Crippen LogP contribution in [-0.2, 0) is 0 Å². The quantitative estimate of drug-likeness (QED) is 0.580. The lowest BCUT2D eigenvalue weighted by molar-refractivity contribution is 0.0969. The maximum Gasteiger partial charge on any atom is 0.0143 e. The second kappa shape index (κ2) is 7.27. The molecule has 0 radical (unpaired) electrons. The van der Waals surface area contributed by atoms with Crippen molar-refractivity contribution in [2.75, 3.05) is 13.6 Å². The largest absolute Gasteiger partial charge is 0.303 e. The van der Waals surface area contributed by atoms with Crippen LogP contribution >= 0.6 is 0 Å². The molecule has 1 nitrogen and oxygen atoms in total. The molecule has 0 aromatic carbocycles. The van der Waals surface area contributed by atoms with E-state index in [4.69, 9.17) is 0 Å². The minimum atomic E-state index is 0.469. The lowest BCUT2D eigenvalue weighted by Gasteiger charge is -2.40. The third-order valence-corrected chi connectivity index (χ3v) is 3.67. The van der Waals surface area contributed by atoms with Crippen molar-refractivity contribution >= 4 is 0 Å². The highest BCUT2D eigenvalue weighted by atomic mass is 15.1. The predicted molar refractivity (Wildman–Crippen MR) is 70.3 cm³/mol. The number of hydrogen-bond donors (Lipinski definition) is 0. The van der Waals surface area contributed by atoms with Crippen molar-refractivity contribution in [2.45, 2.75) is 72.8 Å². The summed E-state index contributed by atoms with van der Waals surface area (Å²) in [5.74, 6) is 0. The second-order valence-electron chi connectivity index (χ2n) is 5.47. The normalized spacial score (nSPS) is 14.6. The van der Waals surface area contributed by atoms with Gasteiger partial charge in [-0.05, 0) is 31.8 Å². The average Bonchev–Trinajstić information content (AvgIpc) is 2.21. The van der Waals surface area contributed by atoms with E-state index in [9.17, 15) is 0 Å². The molecule has 0 amide bonds. The van der Waals surface area contributed by atoms with Crippen molar-refractivity contribution in [3.05, 3.63) is 0 Å². The van der Waals surface area contributed by atoms with Crippen molar-refractivity contribution in [3.8, 4) is 0 Å². The maximum atomic E-state index is 2.53. The Morgan fingerprint density at radius 2 is 1.67 bits per heavy atom. The molecule has 0 aromatic heterocycles. The predicted octanol–water partition coefficient (Wildman–Crippen LogP) is 4.32. The van der Waals surface area contributed by atoms with Crippen LogP contribution < -0.4 is 0 Å². The first-order chi connectivity index (χ1) is 6.99. The maximum absolute atomic E-state index is 2.53. The molecule has 0 bridgehead atoms. The van der Waals surface area contributed by atoms with Crippen LogP contribution in [0.3, 0.4) is 0 Å². The van der Waals surface area contributed by atoms with Crippen LogP contribution in [0.25, 0.3) is 0 Å². The number of nitrogens with zero attached hydrogens (tertiary/aromatic N) is 1. The Kier molecular flexibility index (Phi) is 7.25. The third kappa shape index (κ3) is 5.01. The molecule has 0 aromatic rings. The molecule has 1 heteroatoms. The van der Waals surface area contributed by atoms with Crippen molar-refractivity contribution in [3.63, 3.8) is 0 Å². The zero-order valence-electron chi connectivity index (χ0n) is 11.8.